The van der Waals surface area contributed by atoms with Crippen molar-refractivity contribution in [3.05, 3.63) is 46.9 Å². The maximum absolute atomic E-state index is 12.3. The number of aromatic nitrogens is 1. The highest BCUT2D eigenvalue weighted by Gasteiger charge is 2.27. The average Bonchev–Trinajstić information content (AvgIpc) is 3.26. The van der Waals surface area contributed by atoms with Crippen molar-refractivity contribution in [3.8, 4) is 5.75 Å². The quantitative estimate of drug-likeness (QED) is 0.875. The third-order valence-electron chi connectivity index (χ3n) is 4.10. The third kappa shape index (κ3) is 4.71. The zero-order chi connectivity index (χ0) is 16.8. The van der Waals surface area contributed by atoms with Crippen molar-refractivity contribution in [2.45, 2.75) is 25.9 Å². The van der Waals surface area contributed by atoms with Gasteiger partial charge in [-0.15, -0.1) is 11.3 Å². The molecule has 0 saturated carbocycles. The molecule has 0 radical (unpaired) electrons. The number of carbonyl (C=O) groups is 1. The van der Waals surface area contributed by atoms with Gasteiger partial charge in [0.1, 0.15) is 11.9 Å². The first-order valence-corrected chi connectivity index (χ1v) is 9.20. The fourth-order valence-electron chi connectivity index (χ4n) is 2.84. The summed E-state index contributed by atoms with van der Waals surface area (Å²) in [6, 6.07) is 7.96. The molecule has 0 bridgehead atoms. The second-order valence-corrected chi connectivity index (χ2v) is 7.27. The van der Waals surface area contributed by atoms with Crippen molar-refractivity contribution < 1.29 is 9.53 Å². The summed E-state index contributed by atoms with van der Waals surface area (Å²) in [6.45, 7) is 4.22. The number of likely N-dealkylation sites (tertiary alicyclic amines) is 1. The molecule has 5 nitrogen and oxygen atoms in total. The van der Waals surface area contributed by atoms with Crippen molar-refractivity contribution in [2.75, 3.05) is 19.6 Å². The van der Waals surface area contributed by atoms with Crippen molar-refractivity contribution in [3.63, 3.8) is 0 Å². The van der Waals surface area contributed by atoms with Gasteiger partial charge in [0.25, 0.3) is 0 Å². The molecule has 2 aromatic heterocycles. The van der Waals surface area contributed by atoms with Gasteiger partial charge in [-0.05, 0) is 35.9 Å². The molecule has 3 rings (SSSR count). The maximum atomic E-state index is 12.3. The van der Waals surface area contributed by atoms with Crippen LogP contribution in [0.1, 0.15) is 18.2 Å². The van der Waals surface area contributed by atoms with Crippen LogP contribution in [0.5, 0.6) is 5.75 Å². The van der Waals surface area contributed by atoms with Gasteiger partial charge in [-0.25, -0.2) is 4.79 Å². The fourth-order valence-corrected chi connectivity index (χ4v) is 3.71. The largest absolute Gasteiger partial charge is 0.487 e. The number of nitrogens with one attached hydrogen (secondary N) is 1. The van der Waals surface area contributed by atoms with Crippen LogP contribution in [0.3, 0.4) is 0 Å². The van der Waals surface area contributed by atoms with E-state index in [1.807, 2.05) is 17.0 Å². The maximum Gasteiger partial charge on any atom is 0.317 e. The summed E-state index contributed by atoms with van der Waals surface area (Å²) in [4.78, 5) is 19.5. The number of pyridine rings is 1. The molecular formula is C18H23N3O2S. The lowest BCUT2D eigenvalue weighted by molar-refractivity contribution is 0.185. The molecule has 128 valence electrons. The highest BCUT2D eigenvalue weighted by molar-refractivity contribution is 7.09. The molecule has 1 aliphatic heterocycles. The van der Waals surface area contributed by atoms with Gasteiger partial charge in [0, 0.05) is 30.6 Å². The summed E-state index contributed by atoms with van der Waals surface area (Å²) in [5.74, 6) is 1.19. The first kappa shape index (κ1) is 16.8. The molecule has 2 amide bonds. The van der Waals surface area contributed by atoms with Crippen LogP contribution in [0.15, 0.2) is 42.0 Å². The van der Waals surface area contributed by atoms with E-state index in [2.05, 4.69) is 34.7 Å². The highest BCUT2D eigenvalue weighted by atomic mass is 32.1. The summed E-state index contributed by atoms with van der Waals surface area (Å²) in [5.41, 5.74) is 0. The smallest absolute Gasteiger partial charge is 0.317 e. The summed E-state index contributed by atoms with van der Waals surface area (Å²) < 4.78 is 5.87. The van der Waals surface area contributed by atoms with Crippen molar-refractivity contribution in [2.24, 2.45) is 5.92 Å². The van der Waals surface area contributed by atoms with Crippen LogP contribution in [-0.2, 0) is 6.42 Å². The molecule has 0 aliphatic carbocycles. The minimum atomic E-state index is 0.00492. The molecule has 2 atom stereocenters. The van der Waals surface area contributed by atoms with Crippen molar-refractivity contribution in [1.82, 2.24) is 15.2 Å². The summed E-state index contributed by atoms with van der Waals surface area (Å²) in [6.07, 6.45) is 5.33. The Morgan fingerprint density at radius 2 is 2.42 bits per heavy atom. The first-order chi connectivity index (χ1) is 11.7. The Morgan fingerprint density at radius 1 is 1.50 bits per heavy atom. The van der Waals surface area contributed by atoms with E-state index in [9.17, 15) is 4.79 Å². The van der Waals surface area contributed by atoms with Gasteiger partial charge >= 0.3 is 6.03 Å². The number of hydrogen-bond donors (Lipinski definition) is 1. The molecule has 1 fully saturated rings. The van der Waals surface area contributed by atoms with Crippen LogP contribution in [0.2, 0.25) is 0 Å². The lowest BCUT2D eigenvalue weighted by Crippen LogP contribution is -2.41. The predicted octanol–water partition coefficient (Wildman–Crippen LogP) is 3.18. The number of amides is 2. The number of rotatable bonds is 6. The summed E-state index contributed by atoms with van der Waals surface area (Å²) in [5, 5.41) is 5.14. The number of urea groups is 1. The molecule has 3 heterocycles. The molecule has 1 N–H and O–H groups in total. The summed E-state index contributed by atoms with van der Waals surface area (Å²) >= 11 is 1.77. The normalized spacial score (nSPS) is 18.4. The van der Waals surface area contributed by atoms with Gasteiger partial charge in [0.05, 0.1) is 12.7 Å². The van der Waals surface area contributed by atoms with Gasteiger partial charge in [-0.1, -0.05) is 13.0 Å². The van der Waals surface area contributed by atoms with E-state index in [1.165, 1.54) is 4.88 Å². The molecule has 0 unspecified atom stereocenters. The second kappa shape index (κ2) is 8.15. The van der Waals surface area contributed by atoms with E-state index in [1.54, 1.807) is 23.7 Å². The SMILES string of the molecule is C[C@@H](CNC(=O)N1CC[C@H](Oc2cccnc2)C1)Cc1cccs1. The van der Waals surface area contributed by atoms with Crippen LogP contribution in [0.4, 0.5) is 4.79 Å². The van der Waals surface area contributed by atoms with Gasteiger partial charge in [-0.3, -0.25) is 4.98 Å². The molecule has 1 aliphatic rings. The van der Waals surface area contributed by atoms with E-state index in [-0.39, 0.29) is 12.1 Å². The number of hydrogen-bond acceptors (Lipinski definition) is 4. The van der Waals surface area contributed by atoms with Gasteiger partial charge in [0.2, 0.25) is 0 Å². The second-order valence-electron chi connectivity index (χ2n) is 6.24. The van der Waals surface area contributed by atoms with Crippen LogP contribution >= 0.6 is 11.3 Å². The lowest BCUT2D eigenvalue weighted by atomic mass is 10.1. The van der Waals surface area contributed by atoms with Crippen LogP contribution < -0.4 is 10.1 Å². The molecular weight excluding hydrogens is 322 g/mol. The molecule has 2 aromatic rings. The molecule has 0 spiro atoms. The fraction of sp³-hybridized carbons (Fsp3) is 0.444. The molecule has 24 heavy (non-hydrogen) atoms. The minimum absolute atomic E-state index is 0.00492. The Labute approximate surface area is 146 Å². The van der Waals surface area contributed by atoms with Gasteiger partial charge in [0.15, 0.2) is 0 Å². The predicted molar refractivity (Wildman–Crippen MR) is 95.4 cm³/mol. The van der Waals surface area contributed by atoms with Gasteiger partial charge in [-0.2, -0.15) is 0 Å². The van der Waals surface area contributed by atoms with E-state index < -0.39 is 0 Å². The molecule has 1 saturated heterocycles. The van der Waals surface area contributed by atoms with Crippen LogP contribution in [0.25, 0.3) is 0 Å². The van der Waals surface area contributed by atoms with E-state index in [4.69, 9.17) is 4.74 Å². The average molecular weight is 345 g/mol. The van der Waals surface area contributed by atoms with E-state index in [0.29, 0.717) is 19.0 Å². The van der Waals surface area contributed by atoms with Crippen LogP contribution in [0, 0.1) is 5.92 Å². The van der Waals surface area contributed by atoms with Crippen LogP contribution in [-0.4, -0.2) is 41.7 Å². The Kier molecular flexibility index (Phi) is 5.69. The molecule has 0 aromatic carbocycles. The standard InChI is InChI=1S/C18H23N3O2S/c1-14(10-17-5-3-9-24-17)11-20-18(22)21-8-6-16(13-21)23-15-4-2-7-19-12-15/h2-5,7,9,12,14,16H,6,8,10-11,13H2,1H3,(H,20,22)/t14-,16+/m1/s1. The van der Waals surface area contributed by atoms with Crippen molar-refractivity contribution in [1.29, 1.82) is 0 Å². The Bertz CT molecular complexity index is 633. The topological polar surface area (TPSA) is 54.5 Å². The zero-order valence-electron chi connectivity index (χ0n) is 13.9. The Morgan fingerprint density at radius 3 is 3.17 bits per heavy atom. The number of thiophene rings is 1. The lowest BCUT2D eigenvalue weighted by Gasteiger charge is -2.19. The monoisotopic (exact) mass is 345 g/mol. The zero-order valence-corrected chi connectivity index (χ0v) is 14.7. The Hall–Kier alpha value is -2.08. The minimum Gasteiger partial charge on any atom is -0.487 e. The van der Waals surface area contributed by atoms with Crippen molar-refractivity contribution >= 4 is 17.4 Å². The number of nitrogens with zero attached hydrogens (tertiary/aromatic N) is 2. The third-order valence-corrected chi connectivity index (χ3v) is 5.00. The molecule has 6 heteroatoms. The van der Waals surface area contributed by atoms with Gasteiger partial charge < -0.3 is 15.0 Å². The number of carbonyl (C=O) groups excluding carboxylic acids is 1. The number of ether oxygens (including phenoxy) is 1. The first-order valence-electron chi connectivity index (χ1n) is 8.32. The highest BCUT2D eigenvalue weighted by Crippen LogP contribution is 2.18. The van der Waals surface area contributed by atoms with E-state index >= 15 is 0 Å². The Balaban J connectivity index is 1.39. The summed E-state index contributed by atoms with van der Waals surface area (Å²) in [7, 11) is 0. The van der Waals surface area contributed by atoms with E-state index in [0.717, 1.165) is 25.1 Å².